The Hall–Kier alpha value is -0.0400. The Kier molecular flexibility index (Phi) is 8.06. The zero-order valence-corrected chi connectivity index (χ0v) is 14.7. The predicted molar refractivity (Wildman–Crippen MR) is 92.3 cm³/mol. The van der Waals surface area contributed by atoms with E-state index in [-0.39, 0.29) is 24.0 Å². The van der Waals surface area contributed by atoms with Crippen LogP contribution in [0.3, 0.4) is 0 Å². The van der Waals surface area contributed by atoms with Crippen LogP contribution in [0.15, 0.2) is 4.99 Å². The third-order valence-electron chi connectivity index (χ3n) is 3.79. The van der Waals surface area contributed by atoms with Crippen molar-refractivity contribution in [3.63, 3.8) is 0 Å². The molecule has 0 aromatic rings. The summed E-state index contributed by atoms with van der Waals surface area (Å²) in [7, 11) is 0. The number of hydrogen-bond acceptors (Lipinski definition) is 4. The molecule has 1 saturated heterocycles. The van der Waals surface area contributed by atoms with Gasteiger partial charge in [-0.1, -0.05) is 13.8 Å². The Morgan fingerprint density at radius 3 is 2.68 bits per heavy atom. The molecular weight excluding hydrogens is 351 g/mol. The summed E-state index contributed by atoms with van der Waals surface area (Å²) in [5.74, 6) is 2.74. The third kappa shape index (κ3) is 6.29. The molecule has 2 unspecified atom stereocenters. The number of piperidine rings is 1. The topological polar surface area (TPSA) is 39.7 Å². The normalized spacial score (nSPS) is 28.0. The molecule has 0 amide bonds. The van der Waals surface area contributed by atoms with Crippen LogP contribution in [0.25, 0.3) is 0 Å². The number of hydrogen-bond donors (Lipinski definition) is 2. The molecule has 5 heteroatoms. The number of nitrogens with zero attached hydrogens (tertiary/aromatic N) is 2. The minimum atomic E-state index is 0. The molecular formula is C14H29IN4. The van der Waals surface area contributed by atoms with Gasteiger partial charge in [0.25, 0.3) is 0 Å². The molecule has 2 aliphatic rings. The van der Waals surface area contributed by atoms with Gasteiger partial charge in [0.2, 0.25) is 0 Å². The van der Waals surface area contributed by atoms with Gasteiger partial charge in [0.1, 0.15) is 0 Å². The number of aliphatic imine (C=N–C) groups is 1. The van der Waals surface area contributed by atoms with Crippen molar-refractivity contribution in [3.8, 4) is 0 Å². The lowest BCUT2D eigenvalue weighted by Gasteiger charge is -2.35. The fourth-order valence-corrected chi connectivity index (χ4v) is 3.14. The van der Waals surface area contributed by atoms with Crippen LogP contribution in [0.4, 0.5) is 0 Å². The van der Waals surface area contributed by atoms with Crippen LogP contribution < -0.4 is 10.6 Å². The van der Waals surface area contributed by atoms with Gasteiger partial charge in [-0.25, -0.2) is 0 Å². The molecule has 1 fully saturated rings. The Balaban J connectivity index is 0.00000180. The number of rotatable bonds is 4. The van der Waals surface area contributed by atoms with Gasteiger partial charge >= 0.3 is 0 Å². The molecule has 0 bridgehead atoms. The van der Waals surface area contributed by atoms with Crippen LogP contribution in [0.1, 0.15) is 33.1 Å². The second-order valence-electron chi connectivity index (χ2n) is 6.00. The largest absolute Gasteiger partial charge is 0.356 e. The van der Waals surface area contributed by atoms with Crippen molar-refractivity contribution in [1.29, 1.82) is 0 Å². The lowest BCUT2D eigenvalue weighted by Crippen LogP contribution is -2.43. The van der Waals surface area contributed by atoms with E-state index in [9.17, 15) is 0 Å². The maximum atomic E-state index is 4.42. The molecule has 0 spiro atoms. The molecule has 2 rings (SSSR count). The van der Waals surface area contributed by atoms with Crippen LogP contribution in [0, 0.1) is 11.8 Å². The SMILES string of the molecule is CC1CC(C)CN(CCCNC2=NCCCN2)C1.I. The van der Waals surface area contributed by atoms with E-state index in [0.29, 0.717) is 0 Å². The molecule has 0 aromatic carbocycles. The lowest BCUT2D eigenvalue weighted by molar-refractivity contribution is 0.140. The van der Waals surface area contributed by atoms with Gasteiger partial charge in [-0.05, 0) is 37.6 Å². The summed E-state index contributed by atoms with van der Waals surface area (Å²) < 4.78 is 0. The molecule has 2 heterocycles. The van der Waals surface area contributed by atoms with Gasteiger partial charge in [0.15, 0.2) is 5.96 Å². The quantitative estimate of drug-likeness (QED) is 0.578. The van der Waals surface area contributed by atoms with Crippen molar-refractivity contribution in [2.24, 2.45) is 16.8 Å². The Morgan fingerprint density at radius 2 is 2.05 bits per heavy atom. The van der Waals surface area contributed by atoms with E-state index in [1.165, 1.54) is 32.5 Å². The van der Waals surface area contributed by atoms with Gasteiger partial charge in [-0.15, -0.1) is 24.0 Å². The van der Waals surface area contributed by atoms with Crippen LogP contribution >= 0.6 is 24.0 Å². The first kappa shape index (κ1) is 17.0. The van der Waals surface area contributed by atoms with Crippen molar-refractivity contribution in [1.82, 2.24) is 15.5 Å². The van der Waals surface area contributed by atoms with Crippen LogP contribution in [-0.2, 0) is 0 Å². The highest BCUT2D eigenvalue weighted by Gasteiger charge is 2.20. The zero-order valence-electron chi connectivity index (χ0n) is 12.3. The minimum absolute atomic E-state index is 0. The maximum absolute atomic E-state index is 4.42. The van der Waals surface area contributed by atoms with E-state index in [0.717, 1.165) is 43.9 Å². The molecule has 0 radical (unpaired) electrons. The molecule has 19 heavy (non-hydrogen) atoms. The van der Waals surface area contributed by atoms with E-state index in [1.54, 1.807) is 0 Å². The highest BCUT2D eigenvalue weighted by Crippen LogP contribution is 2.20. The van der Waals surface area contributed by atoms with Crippen molar-refractivity contribution in [2.75, 3.05) is 39.3 Å². The van der Waals surface area contributed by atoms with Crippen molar-refractivity contribution in [3.05, 3.63) is 0 Å². The van der Waals surface area contributed by atoms with Crippen molar-refractivity contribution in [2.45, 2.75) is 33.1 Å². The lowest BCUT2D eigenvalue weighted by atomic mass is 9.92. The molecule has 0 saturated carbocycles. The minimum Gasteiger partial charge on any atom is -0.356 e. The highest BCUT2D eigenvalue weighted by molar-refractivity contribution is 14.0. The Labute approximate surface area is 134 Å². The predicted octanol–water partition coefficient (Wildman–Crippen LogP) is 1.91. The molecule has 2 atom stereocenters. The fourth-order valence-electron chi connectivity index (χ4n) is 3.14. The van der Waals surface area contributed by atoms with Gasteiger partial charge in [-0.3, -0.25) is 4.99 Å². The third-order valence-corrected chi connectivity index (χ3v) is 3.79. The van der Waals surface area contributed by atoms with E-state index in [2.05, 4.69) is 34.4 Å². The van der Waals surface area contributed by atoms with E-state index in [4.69, 9.17) is 0 Å². The van der Waals surface area contributed by atoms with Gasteiger partial charge < -0.3 is 15.5 Å². The summed E-state index contributed by atoms with van der Waals surface area (Å²) in [6, 6.07) is 0. The highest BCUT2D eigenvalue weighted by atomic mass is 127. The van der Waals surface area contributed by atoms with E-state index in [1.807, 2.05) is 0 Å². The van der Waals surface area contributed by atoms with Gasteiger partial charge in [-0.2, -0.15) is 0 Å². The summed E-state index contributed by atoms with van der Waals surface area (Å²) in [6.45, 7) is 11.6. The van der Waals surface area contributed by atoms with Crippen molar-refractivity contribution < 1.29 is 0 Å². The average molecular weight is 380 g/mol. The van der Waals surface area contributed by atoms with Crippen molar-refractivity contribution >= 4 is 29.9 Å². The molecule has 112 valence electrons. The van der Waals surface area contributed by atoms with E-state index < -0.39 is 0 Å². The van der Waals surface area contributed by atoms with Gasteiger partial charge in [0.05, 0.1) is 0 Å². The van der Waals surface area contributed by atoms with Crippen LogP contribution in [0.5, 0.6) is 0 Å². The molecule has 0 aliphatic carbocycles. The number of guanidine groups is 1. The smallest absolute Gasteiger partial charge is 0.191 e. The first-order valence-corrected chi connectivity index (χ1v) is 7.48. The summed E-state index contributed by atoms with van der Waals surface area (Å²) in [6.07, 6.45) is 3.77. The average Bonchev–Trinajstić information content (AvgIpc) is 2.35. The molecule has 2 aliphatic heterocycles. The fraction of sp³-hybridized carbons (Fsp3) is 0.929. The summed E-state index contributed by atoms with van der Waals surface area (Å²) in [4.78, 5) is 7.04. The van der Waals surface area contributed by atoms with Crippen LogP contribution in [0.2, 0.25) is 0 Å². The monoisotopic (exact) mass is 380 g/mol. The maximum Gasteiger partial charge on any atom is 0.191 e. The van der Waals surface area contributed by atoms with Gasteiger partial charge in [0, 0.05) is 32.7 Å². The molecule has 4 nitrogen and oxygen atoms in total. The van der Waals surface area contributed by atoms with E-state index >= 15 is 0 Å². The zero-order chi connectivity index (χ0) is 12.8. The standard InChI is InChI=1S/C14H28N4.HI/c1-12-9-13(2)11-18(10-12)8-4-7-17-14-15-5-3-6-16-14;/h12-13H,3-11H2,1-2H3,(H2,15,16,17);1H. The number of halogens is 1. The first-order chi connectivity index (χ1) is 8.74. The first-order valence-electron chi connectivity index (χ1n) is 7.48. The molecule has 2 N–H and O–H groups in total. The Morgan fingerprint density at radius 1 is 1.32 bits per heavy atom. The second-order valence-corrected chi connectivity index (χ2v) is 6.00. The molecule has 0 aromatic heterocycles. The summed E-state index contributed by atoms with van der Waals surface area (Å²) >= 11 is 0. The second kappa shape index (κ2) is 9.00. The Bertz CT molecular complexity index is 273. The number of nitrogens with one attached hydrogen (secondary N) is 2. The summed E-state index contributed by atoms with van der Waals surface area (Å²) in [5.41, 5.74) is 0. The number of likely N-dealkylation sites (tertiary alicyclic amines) is 1. The summed E-state index contributed by atoms with van der Waals surface area (Å²) in [5, 5.41) is 6.69. The van der Waals surface area contributed by atoms with Crippen LogP contribution in [-0.4, -0.2) is 50.1 Å².